The van der Waals surface area contributed by atoms with Crippen LogP contribution in [-0.2, 0) is 10.2 Å². The first-order valence-corrected chi connectivity index (χ1v) is 11.8. The SMILES string of the molecule is CCNC(=NCC1(c2ccccc2C)CCOCC1)N1CCN(c2ccccc2O)CC1.I. The van der Waals surface area contributed by atoms with Gasteiger partial charge in [0.2, 0.25) is 0 Å². The number of aliphatic imine (C=N–C) groups is 1. The van der Waals surface area contributed by atoms with E-state index in [1.165, 1.54) is 11.1 Å². The Balaban J connectivity index is 0.00000306. The molecule has 180 valence electrons. The van der Waals surface area contributed by atoms with Crippen molar-refractivity contribution in [3.05, 3.63) is 59.7 Å². The van der Waals surface area contributed by atoms with E-state index in [1.54, 1.807) is 6.07 Å². The molecule has 2 aliphatic rings. The Morgan fingerprint density at radius 1 is 1.03 bits per heavy atom. The molecule has 7 heteroatoms. The highest BCUT2D eigenvalue weighted by Gasteiger charge is 2.36. The van der Waals surface area contributed by atoms with E-state index in [1.807, 2.05) is 18.2 Å². The Morgan fingerprint density at radius 3 is 2.36 bits per heavy atom. The summed E-state index contributed by atoms with van der Waals surface area (Å²) in [4.78, 5) is 9.78. The molecular formula is C26H37IN4O2. The molecular weight excluding hydrogens is 527 g/mol. The number of phenolic OH excluding ortho intramolecular Hbond substituents is 1. The predicted octanol–water partition coefficient (Wildman–Crippen LogP) is 4.15. The molecule has 0 aliphatic carbocycles. The number of para-hydroxylation sites is 2. The number of hydrogen-bond donors (Lipinski definition) is 2. The van der Waals surface area contributed by atoms with Gasteiger partial charge in [0, 0.05) is 51.4 Å². The van der Waals surface area contributed by atoms with Crippen LogP contribution in [0, 0.1) is 6.92 Å². The lowest BCUT2D eigenvalue weighted by Crippen LogP contribution is -2.53. The highest BCUT2D eigenvalue weighted by Crippen LogP contribution is 2.37. The Hall–Kier alpha value is -2.00. The highest BCUT2D eigenvalue weighted by molar-refractivity contribution is 14.0. The number of hydrogen-bond acceptors (Lipinski definition) is 4. The van der Waals surface area contributed by atoms with Gasteiger partial charge in [0.25, 0.3) is 0 Å². The summed E-state index contributed by atoms with van der Waals surface area (Å²) in [6.45, 7) is 11.0. The van der Waals surface area contributed by atoms with E-state index in [0.29, 0.717) is 5.75 Å². The van der Waals surface area contributed by atoms with E-state index < -0.39 is 0 Å². The molecule has 2 heterocycles. The van der Waals surface area contributed by atoms with Crippen molar-refractivity contribution in [2.24, 2.45) is 4.99 Å². The number of nitrogens with zero attached hydrogens (tertiary/aromatic N) is 3. The van der Waals surface area contributed by atoms with Crippen molar-refractivity contribution in [2.45, 2.75) is 32.1 Å². The van der Waals surface area contributed by atoms with Crippen molar-refractivity contribution in [1.82, 2.24) is 10.2 Å². The van der Waals surface area contributed by atoms with Gasteiger partial charge in [-0.15, -0.1) is 24.0 Å². The van der Waals surface area contributed by atoms with Crippen molar-refractivity contribution in [2.75, 3.05) is 57.4 Å². The van der Waals surface area contributed by atoms with Crippen molar-refractivity contribution >= 4 is 35.6 Å². The number of anilines is 1. The van der Waals surface area contributed by atoms with Crippen molar-refractivity contribution in [3.8, 4) is 5.75 Å². The lowest BCUT2D eigenvalue weighted by molar-refractivity contribution is 0.0528. The minimum atomic E-state index is 0. The van der Waals surface area contributed by atoms with Gasteiger partial charge in [-0.05, 0) is 49.9 Å². The average Bonchev–Trinajstić information content (AvgIpc) is 2.83. The van der Waals surface area contributed by atoms with E-state index in [-0.39, 0.29) is 29.4 Å². The first-order valence-electron chi connectivity index (χ1n) is 11.8. The second kappa shape index (κ2) is 11.9. The minimum absolute atomic E-state index is 0. The second-order valence-corrected chi connectivity index (χ2v) is 8.84. The zero-order chi connectivity index (χ0) is 22.4. The maximum atomic E-state index is 10.2. The quantitative estimate of drug-likeness (QED) is 0.325. The summed E-state index contributed by atoms with van der Waals surface area (Å²) in [5, 5.41) is 13.7. The lowest BCUT2D eigenvalue weighted by Gasteiger charge is -2.40. The lowest BCUT2D eigenvalue weighted by atomic mass is 9.72. The largest absolute Gasteiger partial charge is 0.506 e. The van der Waals surface area contributed by atoms with Crippen LogP contribution >= 0.6 is 24.0 Å². The average molecular weight is 565 g/mol. The molecule has 2 aromatic carbocycles. The Kier molecular flexibility index (Phi) is 9.26. The minimum Gasteiger partial charge on any atom is -0.506 e. The summed E-state index contributed by atoms with van der Waals surface area (Å²) in [6, 6.07) is 16.3. The van der Waals surface area contributed by atoms with Crippen LogP contribution in [0.4, 0.5) is 5.69 Å². The zero-order valence-electron chi connectivity index (χ0n) is 19.8. The summed E-state index contributed by atoms with van der Waals surface area (Å²) in [6.07, 6.45) is 2.00. The third-order valence-corrected chi connectivity index (χ3v) is 6.83. The molecule has 2 saturated heterocycles. The van der Waals surface area contributed by atoms with Crippen LogP contribution in [0.3, 0.4) is 0 Å². The number of phenols is 1. The summed E-state index contributed by atoms with van der Waals surface area (Å²) in [7, 11) is 0. The first kappa shape index (κ1) is 25.6. The van der Waals surface area contributed by atoms with Crippen LogP contribution in [0.15, 0.2) is 53.5 Å². The smallest absolute Gasteiger partial charge is 0.194 e. The van der Waals surface area contributed by atoms with Crippen molar-refractivity contribution in [3.63, 3.8) is 0 Å². The molecule has 0 amide bonds. The maximum absolute atomic E-state index is 10.2. The molecule has 0 saturated carbocycles. The number of aromatic hydroxyl groups is 1. The molecule has 6 nitrogen and oxygen atoms in total. The number of rotatable bonds is 5. The molecule has 0 atom stereocenters. The molecule has 0 bridgehead atoms. The fourth-order valence-corrected chi connectivity index (χ4v) is 4.99. The monoisotopic (exact) mass is 564 g/mol. The number of aryl methyl sites for hydroxylation is 1. The van der Waals surface area contributed by atoms with E-state index in [0.717, 1.165) is 77.0 Å². The molecule has 0 aromatic heterocycles. The van der Waals surface area contributed by atoms with Crippen LogP contribution in [0.25, 0.3) is 0 Å². The molecule has 4 rings (SSSR count). The molecule has 2 aliphatic heterocycles. The molecule has 0 spiro atoms. The number of halogens is 1. The topological polar surface area (TPSA) is 60.3 Å². The van der Waals surface area contributed by atoms with Crippen LogP contribution < -0.4 is 10.2 Å². The number of piperazine rings is 1. The van der Waals surface area contributed by atoms with Crippen LogP contribution in [0.5, 0.6) is 5.75 Å². The Morgan fingerprint density at radius 2 is 1.70 bits per heavy atom. The van der Waals surface area contributed by atoms with Gasteiger partial charge in [0.05, 0.1) is 12.2 Å². The molecule has 33 heavy (non-hydrogen) atoms. The van der Waals surface area contributed by atoms with E-state index >= 15 is 0 Å². The number of guanidine groups is 1. The molecule has 2 aromatic rings. The number of nitrogens with one attached hydrogen (secondary N) is 1. The fourth-order valence-electron chi connectivity index (χ4n) is 4.99. The standard InChI is InChI=1S/C26H36N4O2.HI/c1-3-27-25(30-16-14-29(15-17-30)23-10-6-7-11-24(23)31)28-20-26(12-18-32-19-13-26)22-9-5-4-8-21(22)2;/h4-11,31H,3,12-20H2,1-2H3,(H,27,28);1H. The fraction of sp³-hybridized carbons (Fsp3) is 0.500. The van der Waals surface area contributed by atoms with Gasteiger partial charge in [-0.3, -0.25) is 4.99 Å². The predicted molar refractivity (Wildman–Crippen MR) is 146 cm³/mol. The van der Waals surface area contributed by atoms with Gasteiger partial charge < -0.3 is 25.0 Å². The summed E-state index contributed by atoms with van der Waals surface area (Å²) in [5.41, 5.74) is 3.69. The van der Waals surface area contributed by atoms with Gasteiger partial charge >= 0.3 is 0 Å². The summed E-state index contributed by atoms with van der Waals surface area (Å²) < 4.78 is 5.72. The van der Waals surface area contributed by atoms with Gasteiger partial charge in [-0.25, -0.2) is 0 Å². The third kappa shape index (κ3) is 5.93. The van der Waals surface area contributed by atoms with E-state index in [4.69, 9.17) is 9.73 Å². The first-order chi connectivity index (χ1) is 15.6. The zero-order valence-corrected chi connectivity index (χ0v) is 22.1. The number of ether oxygens (including phenoxy) is 1. The van der Waals surface area contributed by atoms with Crippen molar-refractivity contribution < 1.29 is 9.84 Å². The molecule has 0 radical (unpaired) electrons. The van der Waals surface area contributed by atoms with Gasteiger partial charge in [0.1, 0.15) is 5.75 Å². The van der Waals surface area contributed by atoms with E-state index in [9.17, 15) is 5.11 Å². The summed E-state index contributed by atoms with van der Waals surface area (Å²) >= 11 is 0. The Labute approximate surface area is 215 Å². The van der Waals surface area contributed by atoms with E-state index in [2.05, 4.69) is 53.2 Å². The van der Waals surface area contributed by atoms with Crippen LogP contribution in [0.2, 0.25) is 0 Å². The Bertz CT molecular complexity index is 922. The van der Waals surface area contributed by atoms with Gasteiger partial charge in [-0.2, -0.15) is 0 Å². The maximum Gasteiger partial charge on any atom is 0.194 e. The van der Waals surface area contributed by atoms with Gasteiger partial charge in [0.15, 0.2) is 5.96 Å². The van der Waals surface area contributed by atoms with Gasteiger partial charge in [-0.1, -0.05) is 36.4 Å². The molecule has 0 unspecified atom stereocenters. The van der Waals surface area contributed by atoms with Crippen LogP contribution in [0.1, 0.15) is 30.9 Å². The molecule has 2 fully saturated rings. The molecule has 2 N–H and O–H groups in total. The third-order valence-electron chi connectivity index (χ3n) is 6.83. The number of benzene rings is 2. The normalized spacial score (nSPS) is 18.5. The van der Waals surface area contributed by atoms with Crippen molar-refractivity contribution in [1.29, 1.82) is 0 Å². The van der Waals surface area contributed by atoms with Crippen LogP contribution in [-0.4, -0.2) is 68.4 Å². The highest BCUT2D eigenvalue weighted by atomic mass is 127. The summed E-state index contributed by atoms with van der Waals surface area (Å²) in [5.74, 6) is 1.34. The second-order valence-electron chi connectivity index (χ2n) is 8.84.